The molecule has 5 N–H and O–H groups in total. The van der Waals surface area contributed by atoms with Crippen molar-refractivity contribution in [3.63, 3.8) is 0 Å². The van der Waals surface area contributed by atoms with Gasteiger partial charge in [-0.2, -0.15) is 0 Å². The molecule has 0 bridgehead atoms. The molecule has 0 saturated carbocycles. The molecule has 1 aliphatic rings. The van der Waals surface area contributed by atoms with Gasteiger partial charge in [-0.3, -0.25) is 0 Å². The maximum atomic E-state index is 11.0. The van der Waals surface area contributed by atoms with Crippen LogP contribution in [-0.4, -0.2) is 40.0 Å². The number of aromatic nitrogens is 1. The Morgan fingerprint density at radius 2 is 1.85 bits per heavy atom. The molecule has 0 fully saturated rings. The highest BCUT2D eigenvalue weighted by molar-refractivity contribution is 7.99. The van der Waals surface area contributed by atoms with Gasteiger partial charge < -0.3 is 26.2 Å². The van der Waals surface area contributed by atoms with Crippen LogP contribution < -0.4 is 16.0 Å². The quantitative estimate of drug-likeness (QED) is 0.342. The molecule has 2 unspecified atom stereocenters. The summed E-state index contributed by atoms with van der Waals surface area (Å²) in [6.07, 6.45) is 4.68. The van der Waals surface area contributed by atoms with Crippen LogP contribution >= 0.6 is 11.8 Å². The zero-order valence-electron chi connectivity index (χ0n) is 19.2. The van der Waals surface area contributed by atoms with E-state index in [4.69, 9.17) is 10.7 Å². The molecule has 1 aliphatic heterocycles. The first-order chi connectivity index (χ1) is 16.1. The van der Waals surface area contributed by atoms with Crippen LogP contribution in [0.5, 0.6) is 0 Å². The zero-order valence-corrected chi connectivity index (χ0v) is 20.0. The molecule has 2 atom stereocenters. The van der Waals surface area contributed by atoms with E-state index in [1.165, 1.54) is 36.6 Å². The van der Waals surface area contributed by atoms with Crippen molar-refractivity contribution in [1.29, 1.82) is 0 Å². The standard InChI is InChI=1S/C26H34N4O2S/c1-18-11-12-21-20(15-18)22(28-14-8-4-2-3-7-13-27)16-24(29-21)30-17-19-9-5-6-10-23(19)33-26(32)25(30)31/h5-6,9-12,15-16,25-26,31-32H,2-4,7-8,13-14,17,27H2,1H3,(H,28,29). The number of aliphatic hydroxyl groups excluding tert-OH is 2. The van der Waals surface area contributed by atoms with E-state index in [0.717, 1.165) is 53.0 Å². The number of nitrogens with two attached hydrogens (primary N) is 1. The molecule has 33 heavy (non-hydrogen) atoms. The molecule has 7 heteroatoms. The van der Waals surface area contributed by atoms with Gasteiger partial charge in [-0.25, -0.2) is 4.98 Å². The monoisotopic (exact) mass is 466 g/mol. The number of hydrogen-bond acceptors (Lipinski definition) is 7. The van der Waals surface area contributed by atoms with Crippen LogP contribution in [0.15, 0.2) is 53.4 Å². The second-order valence-electron chi connectivity index (χ2n) is 8.69. The number of nitrogens with zero attached hydrogens (tertiary/aromatic N) is 2. The van der Waals surface area contributed by atoms with Crippen LogP contribution in [-0.2, 0) is 6.54 Å². The Hall–Kier alpha value is -2.32. The van der Waals surface area contributed by atoms with E-state index in [2.05, 4.69) is 24.4 Å². The molecule has 0 radical (unpaired) electrons. The molecule has 0 spiro atoms. The number of thioether (sulfide) groups is 1. The van der Waals surface area contributed by atoms with E-state index in [1.807, 2.05) is 36.4 Å². The van der Waals surface area contributed by atoms with Crippen LogP contribution in [0.2, 0.25) is 0 Å². The summed E-state index contributed by atoms with van der Waals surface area (Å²) in [4.78, 5) is 7.65. The summed E-state index contributed by atoms with van der Waals surface area (Å²) in [6.45, 7) is 4.20. The maximum absolute atomic E-state index is 11.0. The molecule has 4 rings (SSSR count). The molecule has 1 aromatic heterocycles. The van der Waals surface area contributed by atoms with E-state index < -0.39 is 11.7 Å². The highest BCUT2D eigenvalue weighted by Crippen LogP contribution is 2.37. The highest BCUT2D eigenvalue weighted by Gasteiger charge is 2.31. The number of aliphatic hydroxyl groups is 2. The van der Waals surface area contributed by atoms with Gasteiger partial charge in [-0.15, -0.1) is 0 Å². The molecule has 0 aliphatic carbocycles. The van der Waals surface area contributed by atoms with Gasteiger partial charge in [0.05, 0.1) is 5.52 Å². The number of fused-ring (bicyclic) bond motifs is 2. The van der Waals surface area contributed by atoms with Crippen molar-refractivity contribution in [1.82, 2.24) is 4.98 Å². The zero-order chi connectivity index (χ0) is 23.2. The third-order valence-corrected chi connectivity index (χ3v) is 7.21. The van der Waals surface area contributed by atoms with Crippen LogP contribution in [0.1, 0.15) is 43.2 Å². The van der Waals surface area contributed by atoms with Gasteiger partial charge in [-0.05, 0) is 50.1 Å². The predicted molar refractivity (Wildman–Crippen MR) is 138 cm³/mol. The first-order valence-electron chi connectivity index (χ1n) is 11.8. The number of unbranched alkanes of at least 4 members (excludes halogenated alkanes) is 4. The molecular formula is C26H34N4O2S. The fraction of sp³-hybridized carbons (Fsp3) is 0.423. The minimum Gasteiger partial charge on any atom is -0.384 e. The van der Waals surface area contributed by atoms with E-state index in [9.17, 15) is 10.2 Å². The topological polar surface area (TPSA) is 94.6 Å². The van der Waals surface area contributed by atoms with Gasteiger partial charge in [0.25, 0.3) is 0 Å². The third kappa shape index (κ3) is 5.79. The Morgan fingerprint density at radius 3 is 2.70 bits per heavy atom. The molecule has 0 amide bonds. The van der Waals surface area contributed by atoms with Crippen molar-refractivity contribution < 1.29 is 10.2 Å². The van der Waals surface area contributed by atoms with Crippen molar-refractivity contribution in [2.24, 2.45) is 5.73 Å². The first-order valence-corrected chi connectivity index (χ1v) is 12.7. The minimum atomic E-state index is -1.06. The van der Waals surface area contributed by atoms with E-state index >= 15 is 0 Å². The molecule has 2 heterocycles. The van der Waals surface area contributed by atoms with Gasteiger partial charge in [0.1, 0.15) is 11.3 Å². The number of rotatable bonds is 9. The van der Waals surface area contributed by atoms with E-state index in [-0.39, 0.29) is 0 Å². The second kappa shape index (κ2) is 11.2. The maximum Gasteiger partial charge on any atom is 0.164 e. The second-order valence-corrected chi connectivity index (χ2v) is 9.85. The van der Waals surface area contributed by atoms with Crippen LogP contribution in [0.3, 0.4) is 0 Å². The summed E-state index contributed by atoms with van der Waals surface area (Å²) >= 11 is 1.29. The molecule has 0 saturated heterocycles. The first kappa shape index (κ1) is 23.8. The van der Waals surface area contributed by atoms with Crippen molar-refractivity contribution in [2.75, 3.05) is 23.3 Å². The molecular weight excluding hydrogens is 432 g/mol. The summed E-state index contributed by atoms with van der Waals surface area (Å²) in [5.41, 5.74) is 8.74. The number of anilines is 2. The Balaban J connectivity index is 1.60. The van der Waals surface area contributed by atoms with Crippen LogP contribution in [0, 0.1) is 6.92 Å². The molecule has 176 valence electrons. The van der Waals surface area contributed by atoms with Crippen LogP contribution in [0.4, 0.5) is 11.5 Å². The number of hydrogen-bond donors (Lipinski definition) is 4. The molecule has 2 aromatic carbocycles. The van der Waals surface area contributed by atoms with Gasteiger partial charge in [0.15, 0.2) is 6.23 Å². The molecule has 6 nitrogen and oxygen atoms in total. The predicted octanol–water partition coefficient (Wildman–Crippen LogP) is 4.61. The Labute approximate surface area is 200 Å². The van der Waals surface area contributed by atoms with E-state index in [0.29, 0.717) is 12.4 Å². The summed E-state index contributed by atoms with van der Waals surface area (Å²) < 4.78 is 0. The average molecular weight is 467 g/mol. The fourth-order valence-electron chi connectivity index (χ4n) is 4.23. The lowest BCUT2D eigenvalue weighted by atomic mass is 10.1. The number of pyridine rings is 1. The SMILES string of the molecule is Cc1ccc2nc(N3Cc4ccccc4SC(O)C3O)cc(NCCCCCCCN)c2c1. The lowest BCUT2D eigenvalue weighted by Crippen LogP contribution is -2.41. The highest BCUT2D eigenvalue weighted by atomic mass is 32.2. The lowest BCUT2D eigenvalue weighted by molar-refractivity contribution is 0.0699. The summed E-state index contributed by atoms with van der Waals surface area (Å²) in [5, 5.41) is 26.3. The smallest absolute Gasteiger partial charge is 0.164 e. The number of aryl methyl sites for hydroxylation is 1. The van der Waals surface area contributed by atoms with Gasteiger partial charge in [0, 0.05) is 35.1 Å². The number of nitrogens with one attached hydrogen (secondary N) is 1. The van der Waals surface area contributed by atoms with Crippen molar-refractivity contribution in [3.05, 3.63) is 59.7 Å². The summed E-state index contributed by atoms with van der Waals surface area (Å²) in [7, 11) is 0. The minimum absolute atomic E-state index is 0.479. The van der Waals surface area contributed by atoms with Gasteiger partial charge in [0.2, 0.25) is 0 Å². The van der Waals surface area contributed by atoms with E-state index in [1.54, 1.807) is 4.90 Å². The van der Waals surface area contributed by atoms with Gasteiger partial charge >= 0.3 is 0 Å². The van der Waals surface area contributed by atoms with Crippen molar-refractivity contribution >= 4 is 34.2 Å². The summed E-state index contributed by atoms with van der Waals surface area (Å²) in [6, 6.07) is 16.2. The number of benzene rings is 2. The Kier molecular flexibility index (Phi) is 8.09. The van der Waals surface area contributed by atoms with Crippen molar-refractivity contribution in [2.45, 2.75) is 62.1 Å². The van der Waals surface area contributed by atoms with Gasteiger partial charge in [-0.1, -0.05) is 60.9 Å². The third-order valence-electron chi connectivity index (χ3n) is 6.08. The Morgan fingerprint density at radius 1 is 1.06 bits per heavy atom. The fourth-order valence-corrected chi connectivity index (χ4v) is 5.20. The van der Waals surface area contributed by atoms with Crippen molar-refractivity contribution in [3.8, 4) is 0 Å². The largest absolute Gasteiger partial charge is 0.384 e. The summed E-state index contributed by atoms with van der Waals surface area (Å²) in [5.74, 6) is 0.653. The average Bonchev–Trinajstić information content (AvgIpc) is 2.94. The molecule has 3 aromatic rings. The lowest BCUT2D eigenvalue weighted by Gasteiger charge is -2.30. The van der Waals surface area contributed by atoms with Crippen LogP contribution in [0.25, 0.3) is 10.9 Å². The normalized spacial score (nSPS) is 18.2. The Bertz CT molecular complexity index is 1080.